The summed E-state index contributed by atoms with van der Waals surface area (Å²) in [4.78, 5) is 14.4. The zero-order valence-electron chi connectivity index (χ0n) is 10.7. The molecule has 5 heteroatoms. The van der Waals surface area contributed by atoms with Crippen LogP contribution in [0.5, 0.6) is 0 Å². The molecule has 1 unspecified atom stereocenters. The normalized spacial score (nSPS) is 19.6. The number of hydrogen-bond acceptors (Lipinski definition) is 3. The Balaban J connectivity index is 2.19. The van der Waals surface area contributed by atoms with Gasteiger partial charge in [0.25, 0.3) is 5.91 Å². The first-order valence-electron chi connectivity index (χ1n) is 6.15. The summed E-state index contributed by atoms with van der Waals surface area (Å²) in [5.41, 5.74) is 1.53. The van der Waals surface area contributed by atoms with E-state index >= 15 is 0 Å². The monoisotopic (exact) mass is 236 g/mol. The van der Waals surface area contributed by atoms with Crippen molar-refractivity contribution in [2.24, 2.45) is 7.05 Å². The number of nitrogens with one attached hydrogen (secondary N) is 1. The standard InChI is InChI=1S/C12H20N4O/c1-4-16(10-5-6-13-7-10)12(17)11-8-15(3)14-9(11)2/h8,10,13H,4-7H2,1-3H3. The molecule has 17 heavy (non-hydrogen) atoms. The molecule has 0 bridgehead atoms. The van der Waals surface area contributed by atoms with Crippen LogP contribution in [-0.4, -0.2) is 46.3 Å². The van der Waals surface area contributed by atoms with Crippen molar-refractivity contribution in [3.63, 3.8) is 0 Å². The van der Waals surface area contributed by atoms with Crippen molar-refractivity contribution in [3.05, 3.63) is 17.5 Å². The average molecular weight is 236 g/mol. The lowest BCUT2D eigenvalue weighted by Gasteiger charge is -2.26. The van der Waals surface area contributed by atoms with E-state index < -0.39 is 0 Å². The Morgan fingerprint density at radius 1 is 1.71 bits per heavy atom. The van der Waals surface area contributed by atoms with Crippen LogP contribution in [0.3, 0.4) is 0 Å². The molecule has 1 fully saturated rings. The molecular formula is C12H20N4O. The fraction of sp³-hybridized carbons (Fsp3) is 0.667. The summed E-state index contributed by atoms with van der Waals surface area (Å²) in [6.45, 7) is 6.56. The van der Waals surface area contributed by atoms with Gasteiger partial charge in [0.05, 0.1) is 11.3 Å². The minimum Gasteiger partial charge on any atom is -0.335 e. The lowest BCUT2D eigenvalue weighted by Crippen LogP contribution is -2.41. The maximum Gasteiger partial charge on any atom is 0.257 e. The van der Waals surface area contributed by atoms with E-state index in [0.717, 1.165) is 37.3 Å². The molecule has 0 spiro atoms. The van der Waals surface area contributed by atoms with Gasteiger partial charge in [0.15, 0.2) is 0 Å². The quantitative estimate of drug-likeness (QED) is 0.834. The summed E-state index contributed by atoms with van der Waals surface area (Å²) in [6.07, 6.45) is 2.85. The topological polar surface area (TPSA) is 50.2 Å². The van der Waals surface area contributed by atoms with Crippen molar-refractivity contribution >= 4 is 5.91 Å². The van der Waals surface area contributed by atoms with E-state index in [4.69, 9.17) is 0 Å². The molecule has 94 valence electrons. The fourth-order valence-electron chi connectivity index (χ4n) is 2.44. The van der Waals surface area contributed by atoms with Crippen LogP contribution in [0, 0.1) is 6.92 Å². The summed E-state index contributed by atoms with van der Waals surface area (Å²) in [6, 6.07) is 0.326. The van der Waals surface area contributed by atoms with Crippen LogP contribution < -0.4 is 5.32 Å². The minimum absolute atomic E-state index is 0.104. The highest BCUT2D eigenvalue weighted by Gasteiger charge is 2.27. The van der Waals surface area contributed by atoms with E-state index in [9.17, 15) is 4.79 Å². The molecule has 0 aromatic carbocycles. The first kappa shape index (κ1) is 12.1. The Morgan fingerprint density at radius 2 is 2.47 bits per heavy atom. The molecule has 2 heterocycles. The van der Waals surface area contributed by atoms with E-state index in [-0.39, 0.29) is 5.91 Å². The summed E-state index contributed by atoms with van der Waals surface area (Å²) < 4.78 is 1.70. The van der Waals surface area contributed by atoms with Gasteiger partial charge in [0.1, 0.15) is 0 Å². The van der Waals surface area contributed by atoms with Crippen LogP contribution in [-0.2, 0) is 7.05 Å². The van der Waals surface area contributed by atoms with Crippen LogP contribution in [0.4, 0.5) is 0 Å². The van der Waals surface area contributed by atoms with Crippen molar-refractivity contribution in [3.8, 4) is 0 Å². The van der Waals surface area contributed by atoms with Crippen LogP contribution in [0.2, 0.25) is 0 Å². The van der Waals surface area contributed by atoms with Gasteiger partial charge in [-0.25, -0.2) is 0 Å². The van der Waals surface area contributed by atoms with Gasteiger partial charge in [0, 0.05) is 32.4 Å². The predicted octanol–water partition coefficient (Wildman–Crippen LogP) is 0.553. The van der Waals surface area contributed by atoms with Crippen LogP contribution in [0.15, 0.2) is 6.20 Å². The molecule has 0 radical (unpaired) electrons. The molecule has 1 N–H and O–H groups in total. The highest BCUT2D eigenvalue weighted by molar-refractivity contribution is 5.95. The van der Waals surface area contributed by atoms with Crippen LogP contribution in [0.1, 0.15) is 29.4 Å². The number of carbonyl (C=O) groups is 1. The third kappa shape index (κ3) is 2.34. The highest BCUT2D eigenvalue weighted by atomic mass is 16.2. The zero-order valence-corrected chi connectivity index (χ0v) is 10.7. The van der Waals surface area contributed by atoms with Crippen LogP contribution >= 0.6 is 0 Å². The van der Waals surface area contributed by atoms with Gasteiger partial charge in [-0.1, -0.05) is 0 Å². The van der Waals surface area contributed by atoms with Crippen LogP contribution in [0.25, 0.3) is 0 Å². The van der Waals surface area contributed by atoms with Crippen molar-refractivity contribution in [1.29, 1.82) is 0 Å². The third-order valence-electron chi connectivity index (χ3n) is 3.32. The Hall–Kier alpha value is -1.36. The largest absolute Gasteiger partial charge is 0.335 e. The Morgan fingerprint density at radius 3 is 2.94 bits per heavy atom. The van der Waals surface area contributed by atoms with E-state index in [1.54, 1.807) is 4.68 Å². The van der Waals surface area contributed by atoms with E-state index in [2.05, 4.69) is 10.4 Å². The number of carbonyl (C=O) groups excluding carboxylic acids is 1. The van der Waals surface area contributed by atoms with Crippen molar-refractivity contribution in [1.82, 2.24) is 20.0 Å². The van der Waals surface area contributed by atoms with Gasteiger partial charge >= 0.3 is 0 Å². The molecule has 1 amide bonds. The molecular weight excluding hydrogens is 216 g/mol. The molecule has 1 atom stereocenters. The number of rotatable bonds is 3. The lowest BCUT2D eigenvalue weighted by molar-refractivity contribution is 0.0703. The maximum atomic E-state index is 12.4. The number of nitrogens with zero attached hydrogens (tertiary/aromatic N) is 3. The molecule has 2 rings (SSSR count). The fourth-order valence-corrected chi connectivity index (χ4v) is 2.44. The predicted molar refractivity (Wildman–Crippen MR) is 65.9 cm³/mol. The molecule has 1 aliphatic heterocycles. The first-order chi connectivity index (χ1) is 8.13. The molecule has 1 aromatic heterocycles. The summed E-state index contributed by atoms with van der Waals surface area (Å²) >= 11 is 0. The number of aryl methyl sites for hydroxylation is 2. The lowest BCUT2D eigenvalue weighted by atomic mass is 10.1. The second-order valence-corrected chi connectivity index (χ2v) is 4.54. The first-order valence-corrected chi connectivity index (χ1v) is 6.15. The zero-order chi connectivity index (χ0) is 12.4. The number of likely N-dealkylation sites (N-methyl/N-ethyl adjacent to an activating group) is 1. The number of aromatic nitrogens is 2. The smallest absolute Gasteiger partial charge is 0.257 e. The Kier molecular flexibility index (Phi) is 3.47. The molecule has 1 aliphatic rings. The van der Waals surface area contributed by atoms with Gasteiger partial charge in [-0.2, -0.15) is 5.10 Å². The second kappa shape index (κ2) is 4.87. The molecule has 5 nitrogen and oxygen atoms in total. The SMILES string of the molecule is CCN(C(=O)c1cn(C)nc1C)C1CCNC1. The van der Waals surface area contributed by atoms with Crippen molar-refractivity contribution in [2.45, 2.75) is 26.3 Å². The third-order valence-corrected chi connectivity index (χ3v) is 3.32. The summed E-state index contributed by atoms with van der Waals surface area (Å²) in [5, 5.41) is 7.53. The van der Waals surface area contributed by atoms with Gasteiger partial charge in [0.2, 0.25) is 0 Å². The molecule has 0 aliphatic carbocycles. The van der Waals surface area contributed by atoms with Gasteiger partial charge in [-0.3, -0.25) is 9.48 Å². The Bertz CT molecular complexity index is 407. The van der Waals surface area contributed by atoms with Gasteiger partial charge in [-0.05, 0) is 26.8 Å². The summed E-state index contributed by atoms with van der Waals surface area (Å²) in [5.74, 6) is 0.104. The van der Waals surface area contributed by atoms with Gasteiger partial charge < -0.3 is 10.2 Å². The van der Waals surface area contributed by atoms with E-state index in [1.807, 2.05) is 32.0 Å². The second-order valence-electron chi connectivity index (χ2n) is 4.54. The minimum atomic E-state index is 0.104. The summed E-state index contributed by atoms with van der Waals surface area (Å²) in [7, 11) is 1.84. The van der Waals surface area contributed by atoms with E-state index in [0.29, 0.717) is 6.04 Å². The highest BCUT2D eigenvalue weighted by Crippen LogP contribution is 2.15. The number of hydrogen-bond donors (Lipinski definition) is 1. The van der Waals surface area contributed by atoms with E-state index in [1.165, 1.54) is 0 Å². The number of amides is 1. The molecule has 1 aromatic rings. The molecule has 1 saturated heterocycles. The molecule has 0 saturated carbocycles. The van der Waals surface area contributed by atoms with Gasteiger partial charge in [-0.15, -0.1) is 0 Å². The average Bonchev–Trinajstić information content (AvgIpc) is 2.89. The van der Waals surface area contributed by atoms with Crippen molar-refractivity contribution < 1.29 is 4.79 Å². The van der Waals surface area contributed by atoms with Crippen molar-refractivity contribution in [2.75, 3.05) is 19.6 Å². The maximum absolute atomic E-state index is 12.4. The Labute approximate surface area is 102 Å².